The van der Waals surface area contributed by atoms with Crippen LogP contribution in [0.15, 0.2) is 47.1 Å². The van der Waals surface area contributed by atoms with E-state index in [1.54, 1.807) is 23.2 Å². The number of pyridine rings is 1. The van der Waals surface area contributed by atoms with Gasteiger partial charge in [-0.15, -0.1) is 0 Å². The van der Waals surface area contributed by atoms with E-state index in [1.807, 2.05) is 12.1 Å². The van der Waals surface area contributed by atoms with Gasteiger partial charge in [0, 0.05) is 43.9 Å². The summed E-state index contributed by atoms with van der Waals surface area (Å²) < 4.78 is 24.5. The number of halogens is 1. The van der Waals surface area contributed by atoms with E-state index < -0.39 is 5.82 Å². The second-order valence-electron chi connectivity index (χ2n) is 8.43. The van der Waals surface area contributed by atoms with Crippen LogP contribution in [0.2, 0.25) is 0 Å². The number of para-hydroxylation sites is 1. The van der Waals surface area contributed by atoms with E-state index in [0.29, 0.717) is 37.9 Å². The Morgan fingerprint density at radius 3 is 2.61 bits per heavy atom. The summed E-state index contributed by atoms with van der Waals surface area (Å²) in [5, 5.41) is 4.13. The van der Waals surface area contributed by atoms with Gasteiger partial charge < -0.3 is 19.1 Å². The molecule has 5 rings (SSSR count). The van der Waals surface area contributed by atoms with Crippen molar-refractivity contribution in [3.8, 4) is 17.1 Å². The zero-order valence-corrected chi connectivity index (χ0v) is 18.3. The average Bonchev–Trinajstić information content (AvgIpc) is 3.56. The molecule has 33 heavy (non-hydrogen) atoms. The molecule has 0 N–H and O–H groups in total. The number of carbonyl (C=O) groups is 1. The van der Waals surface area contributed by atoms with Crippen molar-refractivity contribution in [3.63, 3.8) is 0 Å². The highest BCUT2D eigenvalue weighted by Crippen LogP contribution is 2.34. The summed E-state index contributed by atoms with van der Waals surface area (Å²) >= 11 is 0. The van der Waals surface area contributed by atoms with E-state index >= 15 is 0 Å². The van der Waals surface area contributed by atoms with E-state index in [-0.39, 0.29) is 18.3 Å². The zero-order chi connectivity index (χ0) is 22.6. The summed E-state index contributed by atoms with van der Waals surface area (Å²) in [4.78, 5) is 25.5. The highest BCUT2D eigenvalue weighted by atomic mass is 19.1. The van der Waals surface area contributed by atoms with Gasteiger partial charge in [-0.2, -0.15) is 4.98 Å². The number of anilines is 1. The molecule has 0 atom stereocenters. The lowest BCUT2D eigenvalue weighted by atomic mass is 10.1. The molecule has 1 aliphatic carbocycles. The van der Waals surface area contributed by atoms with E-state index in [1.165, 1.54) is 25.0 Å². The number of hydrogen-bond acceptors (Lipinski definition) is 7. The zero-order valence-electron chi connectivity index (χ0n) is 18.3. The smallest absolute Gasteiger partial charge is 0.260 e. The molecule has 8 nitrogen and oxygen atoms in total. The van der Waals surface area contributed by atoms with E-state index in [4.69, 9.17) is 9.26 Å². The molecule has 0 unspecified atom stereocenters. The van der Waals surface area contributed by atoms with E-state index in [0.717, 1.165) is 30.1 Å². The molecule has 1 saturated carbocycles. The number of hydrogen-bond donors (Lipinski definition) is 0. The first kappa shape index (κ1) is 21.4. The highest BCUT2D eigenvalue weighted by Gasteiger charge is 2.24. The molecular formula is C24H26FN5O3. The first-order valence-electron chi connectivity index (χ1n) is 11.4. The van der Waals surface area contributed by atoms with Gasteiger partial charge in [-0.05, 0) is 37.1 Å². The minimum atomic E-state index is -0.472. The predicted molar refractivity (Wildman–Crippen MR) is 119 cm³/mol. The number of ether oxygens (including phenoxy) is 1. The Hall–Kier alpha value is -3.49. The van der Waals surface area contributed by atoms with Crippen LogP contribution in [-0.2, 0) is 4.79 Å². The number of aromatic nitrogens is 3. The lowest BCUT2D eigenvalue weighted by Gasteiger charge is -2.35. The van der Waals surface area contributed by atoms with Crippen molar-refractivity contribution < 1.29 is 18.4 Å². The minimum Gasteiger partial charge on any atom is -0.481 e. The highest BCUT2D eigenvalue weighted by molar-refractivity contribution is 5.78. The molecule has 1 saturated heterocycles. The number of benzene rings is 1. The fourth-order valence-corrected chi connectivity index (χ4v) is 4.37. The topological polar surface area (TPSA) is 84.6 Å². The van der Waals surface area contributed by atoms with Gasteiger partial charge in [0.05, 0.1) is 0 Å². The van der Waals surface area contributed by atoms with Crippen LogP contribution in [0.5, 0.6) is 5.75 Å². The SMILES string of the molecule is O=C(COc1ccccc1F)N1CCN(c2ccc(-c3noc(C4CCCC4)n3)cn2)CC1. The lowest BCUT2D eigenvalue weighted by molar-refractivity contribution is -0.133. The van der Waals surface area contributed by atoms with Crippen molar-refractivity contribution in [2.75, 3.05) is 37.7 Å². The van der Waals surface area contributed by atoms with Gasteiger partial charge in [0.15, 0.2) is 18.2 Å². The number of rotatable bonds is 6. The summed E-state index contributed by atoms with van der Waals surface area (Å²) in [7, 11) is 0. The first-order valence-corrected chi connectivity index (χ1v) is 11.4. The molecule has 1 aromatic carbocycles. The minimum absolute atomic E-state index is 0.0886. The third kappa shape index (κ3) is 4.81. The van der Waals surface area contributed by atoms with Gasteiger partial charge >= 0.3 is 0 Å². The monoisotopic (exact) mass is 451 g/mol. The molecule has 1 amide bonds. The Bertz CT molecular complexity index is 1090. The standard InChI is InChI=1S/C24H26FN5O3/c25-19-7-3-4-8-20(19)32-16-22(31)30-13-11-29(12-14-30)21-10-9-18(15-26-21)23-27-24(33-28-23)17-5-1-2-6-17/h3-4,7-10,15,17H,1-2,5-6,11-14,16H2. The van der Waals surface area contributed by atoms with Gasteiger partial charge in [-0.25, -0.2) is 9.37 Å². The van der Waals surface area contributed by atoms with Crippen molar-refractivity contribution in [1.29, 1.82) is 0 Å². The quantitative estimate of drug-likeness (QED) is 0.566. The molecule has 1 aliphatic heterocycles. The normalized spacial score (nSPS) is 16.9. The van der Waals surface area contributed by atoms with Crippen molar-refractivity contribution in [3.05, 3.63) is 54.3 Å². The van der Waals surface area contributed by atoms with Crippen molar-refractivity contribution >= 4 is 11.7 Å². The number of piperazine rings is 1. The molecule has 172 valence electrons. The lowest BCUT2D eigenvalue weighted by Crippen LogP contribution is -2.50. The molecule has 0 bridgehead atoms. The molecule has 0 radical (unpaired) electrons. The van der Waals surface area contributed by atoms with E-state index in [9.17, 15) is 9.18 Å². The largest absolute Gasteiger partial charge is 0.481 e. The molecule has 2 aliphatic rings. The molecule has 2 fully saturated rings. The van der Waals surface area contributed by atoms with Gasteiger partial charge in [-0.3, -0.25) is 4.79 Å². The Kier molecular flexibility index (Phi) is 6.19. The predicted octanol–water partition coefficient (Wildman–Crippen LogP) is 3.66. The third-order valence-corrected chi connectivity index (χ3v) is 6.30. The van der Waals surface area contributed by atoms with Gasteiger partial charge in [0.2, 0.25) is 11.7 Å². The average molecular weight is 452 g/mol. The van der Waals surface area contributed by atoms with Crippen LogP contribution in [0.3, 0.4) is 0 Å². The van der Waals surface area contributed by atoms with Crippen LogP contribution in [0.1, 0.15) is 37.5 Å². The number of carbonyl (C=O) groups excluding carboxylic acids is 1. The maximum atomic E-state index is 13.7. The van der Waals surface area contributed by atoms with Crippen LogP contribution >= 0.6 is 0 Å². The molecule has 0 spiro atoms. The summed E-state index contributed by atoms with van der Waals surface area (Å²) in [5.74, 6) is 1.98. The molecule has 3 aromatic rings. The van der Waals surface area contributed by atoms with Gasteiger partial charge in [-0.1, -0.05) is 30.1 Å². The maximum absolute atomic E-state index is 13.7. The summed E-state index contributed by atoms with van der Waals surface area (Å²) in [6.07, 6.45) is 6.43. The van der Waals surface area contributed by atoms with Crippen LogP contribution < -0.4 is 9.64 Å². The molecule has 2 aromatic heterocycles. The van der Waals surface area contributed by atoms with Crippen LogP contribution in [-0.4, -0.2) is 58.7 Å². The molecule has 9 heteroatoms. The van der Waals surface area contributed by atoms with Crippen molar-refractivity contribution in [2.45, 2.75) is 31.6 Å². The van der Waals surface area contributed by atoms with Crippen LogP contribution in [0.25, 0.3) is 11.4 Å². The second-order valence-corrected chi connectivity index (χ2v) is 8.43. The Morgan fingerprint density at radius 2 is 1.88 bits per heavy atom. The summed E-state index contributed by atoms with van der Waals surface area (Å²) in [5.41, 5.74) is 0.825. The second kappa shape index (κ2) is 9.56. The maximum Gasteiger partial charge on any atom is 0.260 e. The van der Waals surface area contributed by atoms with Crippen LogP contribution in [0.4, 0.5) is 10.2 Å². The van der Waals surface area contributed by atoms with Crippen molar-refractivity contribution in [1.82, 2.24) is 20.0 Å². The number of amides is 1. The third-order valence-electron chi connectivity index (χ3n) is 6.30. The van der Waals surface area contributed by atoms with Gasteiger partial charge in [0.25, 0.3) is 5.91 Å². The fourth-order valence-electron chi connectivity index (χ4n) is 4.37. The van der Waals surface area contributed by atoms with E-state index in [2.05, 4.69) is 20.0 Å². The Morgan fingerprint density at radius 1 is 1.09 bits per heavy atom. The van der Waals surface area contributed by atoms with Gasteiger partial charge in [0.1, 0.15) is 5.82 Å². The Balaban J connectivity index is 1.13. The molecule has 3 heterocycles. The summed E-state index contributed by atoms with van der Waals surface area (Å²) in [6, 6.07) is 9.97. The summed E-state index contributed by atoms with van der Waals surface area (Å²) in [6.45, 7) is 2.25. The first-order chi connectivity index (χ1) is 16.2. The molecular weight excluding hydrogens is 425 g/mol. The number of nitrogens with zero attached hydrogens (tertiary/aromatic N) is 5. The Labute approximate surface area is 191 Å². The van der Waals surface area contributed by atoms with Crippen LogP contribution in [0, 0.1) is 5.82 Å². The fraction of sp³-hybridized carbons (Fsp3) is 0.417. The van der Waals surface area contributed by atoms with Crippen molar-refractivity contribution in [2.24, 2.45) is 0 Å².